The number of nitrogens with zero attached hydrogens (tertiary/aromatic N) is 1. The first-order valence-corrected chi connectivity index (χ1v) is 8.01. The summed E-state index contributed by atoms with van der Waals surface area (Å²) in [6, 6.07) is 19.1. The summed E-state index contributed by atoms with van der Waals surface area (Å²) in [6.07, 6.45) is 2.74. The van der Waals surface area contributed by atoms with Gasteiger partial charge in [-0.25, -0.2) is 4.39 Å². The van der Waals surface area contributed by atoms with Gasteiger partial charge in [-0.05, 0) is 53.3 Å². The fraction of sp³-hybridized carbons (Fsp3) is 0.190. The lowest BCUT2D eigenvalue weighted by Gasteiger charge is -2.19. The Bertz CT molecular complexity index is 782. The van der Waals surface area contributed by atoms with Crippen molar-refractivity contribution in [1.29, 1.82) is 0 Å². The Morgan fingerprint density at radius 1 is 1.00 bits per heavy atom. The molecule has 3 aromatic rings. The van der Waals surface area contributed by atoms with E-state index in [2.05, 4.69) is 18.8 Å². The second-order valence-electron chi connectivity index (χ2n) is 5.81. The van der Waals surface area contributed by atoms with Gasteiger partial charge in [0.25, 0.3) is 0 Å². The standard InChI is InChI=1S/C21H20FN/c1-3-15(2)18-13-17(22)14-19(16-9-5-4-6-10-16)21(18)20-11-7-8-12-23-20/h4-15H,3H2,1-2H3. The van der Waals surface area contributed by atoms with Crippen molar-refractivity contribution in [2.24, 2.45) is 0 Å². The predicted molar refractivity (Wildman–Crippen MR) is 93.8 cm³/mol. The normalized spacial score (nSPS) is 12.1. The Hall–Kier alpha value is -2.48. The number of hydrogen-bond donors (Lipinski definition) is 0. The largest absolute Gasteiger partial charge is 0.256 e. The van der Waals surface area contributed by atoms with Crippen LogP contribution in [-0.4, -0.2) is 4.98 Å². The summed E-state index contributed by atoms with van der Waals surface area (Å²) in [6.45, 7) is 4.26. The third-order valence-electron chi connectivity index (χ3n) is 4.28. The maximum atomic E-state index is 14.3. The second kappa shape index (κ2) is 6.74. The molecule has 23 heavy (non-hydrogen) atoms. The molecule has 1 heterocycles. The number of hydrogen-bond acceptors (Lipinski definition) is 1. The Balaban J connectivity index is 2.32. The molecule has 0 aliphatic rings. The summed E-state index contributed by atoms with van der Waals surface area (Å²) in [7, 11) is 0. The van der Waals surface area contributed by atoms with E-state index in [0.29, 0.717) is 0 Å². The molecule has 1 atom stereocenters. The third-order valence-corrected chi connectivity index (χ3v) is 4.28. The molecule has 0 radical (unpaired) electrons. The van der Waals surface area contributed by atoms with Crippen molar-refractivity contribution in [1.82, 2.24) is 4.98 Å². The maximum Gasteiger partial charge on any atom is 0.124 e. The molecule has 0 aliphatic heterocycles. The van der Waals surface area contributed by atoms with Crippen LogP contribution in [0.3, 0.4) is 0 Å². The molecule has 116 valence electrons. The molecular formula is C21H20FN. The Morgan fingerprint density at radius 2 is 1.74 bits per heavy atom. The van der Waals surface area contributed by atoms with Gasteiger partial charge in [0.2, 0.25) is 0 Å². The molecule has 0 bridgehead atoms. The van der Waals surface area contributed by atoms with Crippen molar-refractivity contribution >= 4 is 0 Å². The molecule has 1 aromatic heterocycles. The molecule has 2 heteroatoms. The minimum absolute atomic E-state index is 0.196. The summed E-state index contributed by atoms with van der Waals surface area (Å²) >= 11 is 0. The van der Waals surface area contributed by atoms with E-state index in [4.69, 9.17) is 0 Å². The van der Waals surface area contributed by atoms with Crippen LogP contribution >= 0.6 is 0 Å². The van der Waals surface area contributed by atoms with Gasteiger partial charge < -0.3 is 0 Å². The van der Waals surface area contributed by atoms with Crippen molar-refractivity contribution in [3.63, 3.8) is 0 Å². The van der Waals surface area contributed by atoms with Crippen LogP contribution in [-0.2, 0) is 0 Å². The predicted octanol–water partition coefficient (Wildman–Crippen LogP) is 6.07. The SMILES string of the molecule is CCC(C)c1cc(F)cc(-c2ccccc2)c1-c1ccccn1. The van der Waals surface area contributed by atoms with E-state index in [-0.39, 0.29) is 11.7 Å². The van der Waals surface area contributed by atoms with Gasteiger partial charge in [0.15, 0.2) is 0 Å². The van der Waals surface area contributed by atoms with Gasteiger partial charge >= 0.3 is 0 Å². The van der Waals surface area contributed by atoms with E-state index in [1.54, 1.807) is 18.3 Å². The van der Waals surface area contributed by atoms with Crippen LogP contribution < -0.4 is 0 Å². The van der Waals surface area contributed by atoms with Gasteiger partial charge in [0.1, 0.15) is 5.82 Å². The molecule has 0 amide bonds. The molecular weight excluding hydrogens is 285 g/mol. The molecule has 0 saturated heterocycles. The van der Waals surface area contributed by atoms with Crippen LogP contribution in [0.15, 0.2) is 66.9 Å². The Labute approximate surface area is 136 Å². The van der Waals surface area contributed by atoms with Crippen LogP contribution in [0.2, 0.25) is 0 Å². The van der Waals surface area contributed by atoms with Gasteiger partial charge in [-0.15, -0.1) is 0 Å². The lowest BCUT2D eigenvalue weighted by Crippen LogP contribution is -2.00. The summed E-state index contributed by atoms with van der Waals surface area (Å²) < 4.78 is 14.3. The molecule has 2 aromatic carbocycles. The number of benzene rings is 2. The fourth-order valence-electron chi connectivity index (χ4n) is 2.88. The highest BCUT2D eigenvalue weighted by Crippen LogP contribution is 2.38. The Kier molecular flexibility index (Phi) is 4.52. The topological polar surface area (TPSA) is 12.9 Å². The zero-order chi connectivity index (χ0) is 16.2. The van der Waals surface area contributed by atoms with Crippen molar-refractivity contribution in [3.05, 3.63) is 78.2 Å². The smallest absolute Gasteiger partial charge is 0.124 e. The van der Waals surface area contributed by atoms with Crippen molar-refractivity contribution in [2.75, 3.05) is 0 Å². The summed E-state index contributed by atoms with van der Waals surface area (Å²) in [4.78, 5) is 4.52. The minimum atomic E-state index is -0.196. The lowest BCUT2D eigenvalue weighted by atomic mass is 9.86. The zero-order valence-electron chi connectivity index (χ0n) is 13.5. The molecule has 0 spiro atoms. The molecule has 0 fully saturated rings. The highest BCUT2D eigenvalue weighted by atomic mass is 19.1. The van der Waals surface area contributed by atoms with Gasteiger partial charge in [-0.3, -0.25) is 4.98 Å². The van der Waals surface area contributed by atoms with Crippen LogP contribution in [0.1, 0.15) is 31.7 Å². The average molecular weight is 305 g/mol. The zero-order valence-corrected chi connectivity index (χ0v) is 13.5. The minimum Gasteiger partial charge on any atom is -0.256 e. The van der Waals surface area contributed by atoms with E-state index >= 15 is 0 Å². The van der Waals surface area contributed by atoms with Crippen LogP contribution in [0.4, 0.5) is 4.39 Å². The van der Waals surface area contributed by atoms with E-state index in [1.807, 2.05) is 48.5 Å². The monoisotopic (exact) mass is 305 g/mol. The maximum absolute atomic E-state index is 14.3. The summed E-state index contributed by atoms with van der Waals surface area (Å²) in [5, 5.41) is 0. The molecule has 1 unspecified atom stereocenters. The summed E-state index contributed by atoms with van der Waals surface area (Å²) in [5.74, 6) is 0.0732. The fourth-order valence-corrected chi connectivity index (χ4v) is 2.88. The van der Waals surface area contributed by atoms with Crippen molar-refractivity contribution < 1.29 is 4.39 Å². The molecule has 0 saturated carbocycles. The van der Waals surface area contributed by atoms with Crippen LogP contribution in [0.25, 0.3) is 22.4 Å². The van der Waals surface area contributed by atoms with Crippen LogP contribution in [0.5, 0.6) is 0 Å². The first-order chi connectivity index (χ1) is 11.2. The van der Waals surface area contributed by atoms with E-state index in [1.165, 1.54) is 0 Å². The second-order valence-corrected chi connectivity index (χ2v) is 5.81. The van der Waals surface area contributed by atoms with Crippen molar-refractivity contribution in [2.45, 2.75) is 26.2 Å². The molecule has 3 rings (SSSR count). The molecule has 1 nitrogen and oxygen atoms in total. The average Bonchev–Trinajstić information content (AvgIpc) is 2.61. The van der Waals surface area contributed by atoms with E-state index < -0.39 is 0 Å². The number of aromatic nitrogens is 1. The lowest BCUT2D eigenvalue weighted by molar-refractivity contribution is 0.620. The van der Waals surface area contributed by atoms with Crippen molar-refractivity contribution in [3.8, 4) is 22.4 Å². The number of rotatable bonds is 4. The van der Waals surface area contributed by atoms with Gasteiger partial charge in [0, 0.05) is 11.8 Å². The van der Waals surface area contributed by atoms with Gasteiger partial charge in [-0.2, -0.15) is 0 Å². The number of pyridine rings is 1. The third kappa shape index (κ3) is 3.16. The highest BCUT2D eigenvalue weighted by molar-refractivity contribution is 5.84. The highest BCUT2D eigenvalue weighted by Gasteiger charge is 2.18. The van der Waals surface area contributed by atoms with E-state index in [9.17, 15) is 4.39 Å². The summed E-state index contributed by atoms with van der Waals surface area (Å²) in [5.41, 5.74) is 4.86. The quantitative estimate of drug-likeness (QED) is 0.570. The first-order valence-electron chi connectivity index (χ1n) is 8.01. The van der Waals surface area contributed by atoms with Gasteiger partial charge in [-0.1, -0.05) is 50.2 Å². The van der Waals surface area contributed by atoms with Gasteiger partial charge in [0.05, 0.1) is 5.69 Å². The molecule has 0 aliphatic carbocycles. The van der Waals surface area contributed by atoms with E-state index in [0.717, 1.165) is 34.4 Å². The molecule has 0 N–H and O–H groups in total. The van der Waals surface area contributed by atoms with Crippen LogP contribution in [0, 0.1) is 5.82 Å². The number of halogens is 1. The first kappa shape index (κ1) is 15.4. The Morgan fingerprint density at radius 3 is 2.39 bits per heavy atom.